The quantitative estimate of drug-likeness (QED) is 0.826. The van der Waals surface area contributed by atoms with Crippen LogP contribution in [0.25, 0.3) is 11.3 Å². The lowest BCUT2D eigenvalue weighted by Crippen LogP contribution is -2.32. The van der Waals surface area contributed by atoms with E-state index in [9.17, 15) is 23.2 Å². The van der Waals surface area contributed by atoms with Gasteiger partial charge in [-0.15, -0.1) is 11.3 Å². The van der Waals surface area contributed by atoms with E-state index in [1.807, 2.05) is 0 Å². The monoisotopic (exact) mass is 365 g/mol. The van der Waals surface area contributed by atoms with E-state index in [1.54, 1.807) is 0 Å². The summed E-state index contributed by atoms with van der Waals surface area (Å²) in [5, 5.41) is 4.25. The van der Waals surface area contributed by atoms with Crippen LogP contribution in [0.4, 0.5) is 13.9 Å². The molecule has 2 aromatic rings. The highest BCUT2D eigenvalue weighted by molar-refractivity contribution is 7.14. The van der Waals surface area contributed by atoms with Crippen LogP contribution in [-0.4, -0.2) is 34.2 Å². The van der Waals surface area contributed by atoms with Gasteiger partial charge in [0.05, 0.1) is 5.69 Å². The first kappa shape index (κ1) is 17.2. The largest absolute Gasteiger partial charge is 0.302 e. The summed E-state index contributed by atoms with van der Waals surface area (Å²) < 4.78 is 27.0. The van der Waals surface area contributed by atoms with Gasteiger partial charge in [-0.1, -0.05) is 0 Å². The van der Waals surface area contributed by atoms with Crippen molar-refractivity contribution < 1.29 is 23.2 Å². The summed E-state index contributed by atoms with van der Waals surface area (Å²) in [7, 11) is 0. The number of hydrogen-bond donors (Lipinski definition) is 1. The number of amides is 3. The minimum absolute atomic E-state index is 0.00464. The van der Waals surface area contributed by atoms with Gasteiger partial charge in [0, 0.05) is 36.8 Å². The van der Waals surface area contributed by atoms with E-state index in [-0.39, 0.29) is 54.0 Å². The zero-order valence-electron chi connectivity index (χ0n) is 12.9. The SMILES string of the molecule is O=C(CCN1C(=O)CCC1=O)Nc1nc(-c2cc(F)ccc2F)cs1. The molecule has 9 heteroatoms. The summed E-state index contributed by atoms with van der Waals surface area (Å²) in [6.07, 6.45) is 0.297. The predicted octanol–water partition coefficient (Wildman–Crippen LogP) is 2.57. The number of likely N-dealkylation sites (tertiary alicyclic amines) is 1. The van der Waals surface area contributed by atoms with E-state index >= 15 is 0 Å². The number of benzene rings is 1. The molecule has 0 radical (unpaired) electrons. The van der Waals surface area contributed by atoms with Crippen LogP contribution in [-0.2, 0) is 14.4 Å². The fourth-order valence-corrected chi connectivity index (χ4v) is 3.14. The first-order valence-corrected chi connectivity index (χ1v) is 8.36. The Morgan fingerprint density at radius 1 is 1.24 bits per heavy atom. The third kappa shape index (κ3) is 3.87. The molecule has 0 aliphatic carbocycles. The second-order valence-electron chi connectivity index (χ2n) is 5.40. The van der Waals surface area contributed by atoms with Crippen molar-refractivity contribution in [2.45, 2.75) is 19.3 Å². The molecule has 0 bridgehead atoms. The molecule has 6 nitrogen and oxygen atoms in total. The third-order valence-electron chi connectivity index (χ3n) is 3.67. The Labute approximate surface area is 145 Å². The zero-order valence-corrected chi connectivity index (χ0v) is 13.7. The maximum atomic E-state index is 13.7. The van der Waals surface area contributed by atoms with Gasteiger partial charge in [0.1, 0.15) is 11.6 Å². The van der Waals surface area contributed by atoms with Crippen molar-refractivity contribution in [1.82, 2.24) is 9.88 Å². The summed E-state index contributed by atoms with van der Waals surface area (Å²) in [5.41, 5.74) is 0.215. The van der Waals surface area contributed by atoms with Gasteiger partial charge in [-0.3, -0.25) is 19.3 Å². The molecule has 0 unspecified atom stereocenters. The van der Waals surface area contributed by atoms with Crippen molar-refractivity contribution in [3.63, 3.8) is 0 Å². The Bertz CT molecular complexity index is 837. The van der Waals surface area contributed by atoms with E-state index in [0.29, 0.717) is 0 Å². The molecular formula is C16H13F2N3O3S. The smallest absolute Gasteiger partial charge is 0.229 e. The fraction of sp³-hybridized carbons (Fsp3) is 0.250. The van der Waals surface area contributed by atoms with Crippen LogP contribution in [0.5, 0.6) is 0 Å². The highest BCUT2D eigenvalue weighted by atomic mass is 32.1. The number of carbonyl (C=O) groups is 3. The molecule has 1 aromatic carbocycles. The van der Waals surface area contributed by atoms with Gasteiger partial charge in [0.15, 0.2) is 5.13 Å². The van der Waals surface area contributed by atoms with Crippen LogP contribution < -0.4 is 5.32 Å². The van der Waals surface area contributed by atoms with Crippen molar-refractivity contribution in [1.29, 1.82) is 0 Å². The number of carbonyl (C=O) groups excluding carboxylic acids is 3. The maximum Gasteiger partial charge on any atom is 0.229 e. The van der Waals surface area contributed by atoms with E-state index in [0.717, 1.165) is 34.4 Å². The molecule has 1 saturated heterocycles. The van der Waals surface area contributed by atoms with Crippen molar-refractivity contribution in [2.24, 2.45) is 0 Å². The third-order valence-corrected chi connectivity index (χ3v) is 4.43. The van der Waals surface area contributed by atoms with Gasteiger partial charge in [0.2, 0.25) is 17.7 Å². The molecule has 1 N–H and O–H groups in total. The lowest BCUT2D eigenvalue weighted by Gasteiger charge is -2.12. The molecule has 0 spiro atoms. The number of rotatable bonds is 5. The normalized spacial score (nSPS) is 14.2. The first-order chi connectivity index (χ1) is 11.9. The highest BCUT2D eigenvalue weighted by Crippen LogP contribution is 2.27. The minimum Gasteiger partial charge on any atom is -0.302 e. The molecule has 1 aliphatic heterocycles. The Hall–Kier alpha value is -2.68. The Kier molecular flexibility index (Phi) is 4.84. The van der Waals surface area contributed by atoms with Crippen LogP contribution in [0.1, 0.15) is 19.3 Å². The second-order valence-corrected chi connectivity index (χ2v) is 6.26. The fourth-order valence-electron chi connectivity index (χ4n) is 2.42. The molecule has 1 aromatic heterocycles. The molecule has 130 valence electrons. The Morgan fingerprint density at radius 2 is 1.96 bits per heavy atom. The second kappa shape index (κ2) is 7.06. The summed E-state index contributed by atoms with van der Waals surface area (Å²) in [6, 6.07) is 3.04. The standard InChI is InChI=1S/C16H13F2N3O3S/c17-9-1-2-11(18)10(7-9)12-8-25-16(19-12)20-13(22)5-6-21-14(23)3-4-15(21)24/h1-2,7-8H,3-6H2,(H,19,20,22). The van der Waals surface area contributed by atoms with E-state index in [1.165, 1.54) is 5.38 Å². The zero-order chi connectivity index (χ0) is 18.0. The number of nitrogens with zero attached hydrogens (tertiary/aromatic N) is 2. The van der Waals surface area contributed by atoms with Crippen LogP contribution in [0.15, 0.2) is 23.6 Å². The molecule has 1 fully saturated rings. The van der Waals surface area contributed by atoms with Crippen molar-refractivity contribution >= 4 is 34.2 Å². The van der Waals surface area contributed by atoms with Crippen LogP contribution in [0.3, 0.4) is 0 Å². The average molecular weight is 365 g/mol. The van der Waals surface area contributed by atoms with Gasteiger partial charge < -0.3 is 5.32 Å². The highest BCUT2D eigenvalue weighted by Gasteiger charge is 2.28. The molecule has 3 amide bonds. The number of nitrogens with one attached hydrogen (secondary N) is 1. The number of thiazole rings is 1. The molecule has 25 heavy (non-hydrogen) atoms. The lowest BCUT2D eigenvalue weighted by molar-refractivity contribution is -0.138. The molecule has 3 rings (SSSR count). The summed E-state index contributed by atoms with van der Waals surface area (Å²) in [6.45, 7) is 0.0141. The molecule has 0 saturated carbocycles. The van der Waals surface area contributed by atoms with Gasteiger partial charge in [-0.25, -0.2) is 13.8 Å². The maximum absolute atomic E-state index is 13.7. The molecule has 0 atom stereocenters. The van der Waals surface area contributed by atoms with Crippen LogP contribution >= 0.6 is 11.3 Å². The summed E-state index contributed by atoms with van der Waals surface area (Å²) >= 11 is 1.07. The van der Waals surface area contributed by atoms with E-state index in [2.05, 4.69) is 10.3 Å². The van der Waals surface area contributed by atoms with Gasteiger partial charge >= 0.3 is 0 Å². The average Bonchev–Trinajstić information content (AvgIpc) is 3.15. The predicted molar refractivity (Wildman–Crippen MR) is 86.7 cm³/mol. The van der Waals surface area contributed by atoms with Crippen LogP contribution in [0, 0.1) is 11.6 Å². The minimum atomic E-state index is -0.615. The van der Waals surface area contributed by atoms with Gasteiger partial charge in [-0.05, 0) is 18.2 Å². The lowest BCUT2D eigenvalue weighted by atomic mass is 10.1. The van der Waals surface area contributed by atoms with Crippen molar-refractivity contribution in [3.8, 4) is 11.3 Å². The topological polar surface area (TPSA) is 79.4 Å². The molecule has 2 heterocycles. The number of hydrogen-bond acceptors (Lipinski definition) is 5. The number of halogens is 2. The molecule has 1 aliphatic rings. The van der Waals surface area contributed by atoms with Crippen molar-refractivity contribution in [3.05, 3.63) is 35.2 Å². The number of anilines is 1. The van der Waals surface area contributed by atoms with E-state index in [4.69, 9.17) is 0 Å². The molecular weight excluding hydrogens is 352 g/mol. The van der Waals surface area contributed by atoms with Crippen LogP contribution in [0.2, 0.25) is 0 Å². The van der Waals surface area contributed by atoms with Gasteiger partial charge in [0.25, 0.3) is 0 Å². The Morgan fingerprint density at radius 3 is 2.68 bits per heavy atom. The number of imide groups is 1. The number of aromatic nitrogens is 1. The van der Waals surface area contributed by atoms with E-state index < -0.39 is 17.5 Å². The summed E-state index contributed by atoms with van der Waals surface area (Å²) in [5.74, 6) is -2.19. The summed E-state index contributed by atoms with van der Waals surface area (Å²) in [4.78, 5) is 40.0. The first-order valence-electron chi connectivity index (χ1n) is 7.48. The van der Waals surface area contributed by atoms with Crippen molar-refractivity contribution in [2.75, 3.05) is 11.9 Å². The van der Waals surface area contributed by atoms with Gasteiger partial charge in [-0.2, -0.15) is 0 Å². The Balaban J connectivity index is 1.61.